The van der Waals surface area contributed by atoms with E-state index < -0.39 is 0 Å². The first-order chi connectivity index (χ1) is 4.75. The minimum absolute atomic E-state index is 0.0231. The van der Waals surface area contributed by atoms with Gasteiger partial charge in [-0.2, -0.15) is 12.6 Å². The van der Waals surface area contributed by atoms with E-state index in [-0.39, 0.29) is 11.5 Å². The molecule has 0 bridgehead atoms. The van der Waals surface area contributed by atoms with Crippen LogP contribution < -0.4 is 0 Å². The van der Waals surface area contributed by atoms with E-state index in [1.165, 1.54) is 0 Å². The second kappa shape index (κ2) is 3.14. The van der Waals surface area contributed by atoms with E-state index >= 15 is 0 Å². The van der Waals surface area contributed by atoms with Gasteiger partial charge in [-0.25, -0.2) is 4.79 Å². The van der Waals surface area contributed by atoms with Crippen LogP contribution in [-0.2, 0) is 4.74 Å². The molecule has 1 rings (SSSR count). The van der Waals surface area contributed by atoms with Crippen molar-refractivity contribution in [1.82, 2.24) is 4.90 Å². The summed E-state index contributed by atoms with van der Waals surface area (Å²) in [6, 6.07) is 0. The standard InChI is InChI=1S/C6H11NO2S/c1-2-5(10)7-3-4-9-6(7)8/h5,10H,2-4H2,1H3. The van der Waals surface area contributed by atoms with Crippen molar-refractivity contribution in [2.75, 3.05) is 13.2 Å². The average molecular weight is 161 g/mol. The van der Waals surface area contributed by atoms with Crippen molar-refractivity contribution in [2.45, 2.75) is 18.7 Å². The second-order valence-electron chi connectivity index (χ2n) is 2.20. The van der Waals surface area contributed by atoms with Crippen molar-refractivity contribution in [3.63, 3.8) is 0 Å². The fraction of sp³-hybridized carbons (Fsp3) is 0.833. The van der Waals surface area contributed by atoms with Crippen LogP contribution in [0.3, 0.4) is 0 Å². The van der Waals surface area contributed by atoms with Gasteiger partial charge in [-0.05, 0) is 6.42 Å². The number of hydrogen-bond acceptors (Lipinski definition) is 3. The van der Waals surface area contributed by atoms with Gasteiger partial charge in [0.15, 0.2) is 0 Å². The van der Waals surface area contributed by atoms with Gasteiger partial charge in [0, 0.05) is 0 Å². The van der Waals surface area contributed by atoms with Gasteiger partial charge >= 0.3 is 6.09 Å². The van der Waals surface area contributed by atoms with Gasteiger partial charge < -0.3 is 4.74 Å². The molecular weight excluding hydrogens is 150 g/mol. The van der Waals surface area contributed by atoms with E-state index in [0.29, 0.717) is 13.2 Å². The lowest BCUT2D eigenvalue weighted by Gasteiger charge is -2.18. The Kier molecular flexibility index (Phi) is 2.43. The van der Waals surface area contributed by atoms with E-state index in [4.69, 9.17) is 4.74 Å². The van der Waals surface area contributed by atoms with Crippen molar-refractivity contribution >= 4 is 18.7 Å². The molecule has 1 saturated heterocycles. The van der Waals surface area contributed by atoms with Gasteiger partial charge in [0.2, 0.25) is 0 Å². The van der Waals surface area contributed by atoms with Crippen LogP contribution in [0, 0.1) is 0 Å². The molecular formula is C6H11NO2S. The molecule has 1 heterocycles. The lowest BCUT2D eigenvalue weighted by Crippen LogP contribution is -2.31. The summed E-state index contributed by atoms with van der Waals surface area (Å²) in [7, 11) is 0. The van der Waals surface area contributed by atoms with Gasteiger partial charge in [0.05, 0.1) is 11.9 Å². The van der Waals surface area contributed by atoms with Gasteiger partial charge in [0.1, 0.15) is 6.61 Å². The van der Waals surface area contributed by atoms with Crippen molar-refractivity contribution in [3.05, 3.63) is 0 Å². The zero-order valence-electron chi connectivity index (χ0n) is 5.91. The van der Waals surface area contributed by atoms with Crippen LogP contribution >= 0.6 is 12.6 Å². The van der Waals surface area contributed by atoms with E-state index in [1.807, 2.05) is 6.92 Å². The number of carbonyl (C=O) groups excluding carboxylic acids is 1. The average Bonchev–Trinajstić information content (AvgIpc) is 2.34. The first-order valence-corrected chi connectivity index (χ1v) is 3.88. The van der Waals surface area contributed by atoms with Crippen molar-refractivity contribution in [2.24, 2.45) is 0 Å². The Morgan fingerprint density at radius 3 is 3.00 bits per heavy atom. The Hall–Kier alpha value is -0.380. The predicted octanol–water partition coefficient (Wildman–Crippen LogP) is 1.10. The quantitative estimate of drug-likeness (QED) is 0.615. The number of rotatable bonds is 2. The summed E-state index contributed by atoms with van der Waals surface area (Å²) in [6.07, 6.45) is 0.625. The van der Waals surface area contributed by atoms with Crippen molar-refractivity contribution < 1.29 is 9.53 Å². The maximum Gasteiger partial charge on any atom is 0.410 e. The Labute approximate surface area is 65.7 Å². The molecule has 0 spiro atoms. The number of cyclic esters (lactones) is 1. The Bertz CT molecular complexity index is 140. The number of ether oxygens (including phenoxy) is 1. The molecule has 0 aliphatic carbocycles. The lowest BCUT2D eigenvalue weighted by atomic mass is 10.4. The molecule has 1 fully saturated rings. The molecule has 58 valence electrons. The number of thiol groups is 1. The summed E-state index contributed by atoms with van der Waals surface area (Å²) in [6.45, 7) is 3.18. The first kappa shape index (κ1) is 7.72. The molecule has 0 radical (unpaired) electrons. The van der Waals surface area contributed by atoms with Crippen LogP contribution in [0.5, 0.6) is 0 Å². The van der Waals surface area contributed by atoms with Gasteiger partial charge in [-0.3, -0.25) is 4.90 Å². The number of hydrogen-bond donors (Lipinski definition) is 1. The predicted molar refractivity (Wildman–Crippen MR) is 41.1 cm³/mol. The zero-order valence-corrected chi connectivity index (χ0v) is 6.80. The van der Waals surface area contributed by atoms with Crippen molar-refractivity contribution in [3.8, 4) is 0 Å². The minimum Gasteiger partial charge on any atom is -0.447 e. The number of nitrogens with zero attached hydrogens (tertiary/aromatic N) is 1. The molecule has 4 heteroatoms. The fourth-order valence-electron chi connectivity index (χ4n) is 0.897. The SMILES string of the molecule is CCC(S)N1CCOC1=O. The van der Waals surface area contributed by atoms with Crippen molar-refractivity contribution in [1.29, 1.82) is 0 Å². The third-order valence-corrected chi connectivity index (χ3v) is 2.16. The molecule has 1 atom stereocenters. The highest BCUT2D eigenvalue weighted by molar-refractivity contribution is 7.80. The monoisotopic (exact) mass is 161 g/mol. The highest BCUT2D eigenvalue weighted by Gasteiger charge is 2.25. The topological polar surface area (TPSA) is 29.5 Å². The zero-order chi connectivity index (χ0) is 7.56. The number of carbonyl (C=O) groups is 1. The van der Waals surface area contributed by atoms with Gasteiger partial charge in [0.25, 0.3) is 0 Å². The molecule has 1 unspecified atom stereocenters. The smallest absolute Gasteiger partial charge is 0.410 e. The minimum atomic E-state index is -0.234. The third-order valence-electron chi connectivity index (χ3n) is 1.52. The molecule has 1 amide bonds. The van der Waals surface area contributed by atoms with Crippen LogP contribution in [0.15, 0.2) is 0 Å². The first-order valence-electron chi connectivity index (χ1n) is 3.37. The molecule has 0 aromatic heterocycles. The molecule has 0 aromatic carbocycles. The highest BCUT2D eigenvalue weighted by atomic mass is 32.1. The molecule has 3 nitrogen and oxygen atoms in total. The molecule has 1 aliphatic rings. The summed E-state index contributed by atoms with van der Waals surface area (Å²) in [5, 5.41) is 0.0231. The van der Waals surface area contributed by atoms with E-state index in [2.05, 4.69) is 12.6 Å². The van der Waals surface area contributed by atoms with Gasteiger partial charge in [-0.1, -0.05) is 6.92 Å². The van der Waals surface area contributed by atoms with Crippen LogP contribution in [0.25, 0.3) is 0 Å². The summed E-state index contributed by atoms with van der Waals surface area (Å²) in [4.78, 5) is 12.5. The van der Waals surface area contributed by atoms with Crippen LogP contribution in [-0.4, -0.2) is 29.5 Å². The van der Waals surface area contributed by atoms with Crippen LogP contribution in [0.4, 0.5) is 4.79 Å². The Balaban J connectivity index is 2.46. The molecule has 0 aromatic rings. The summed E-state index contributed by atoms with van der Waals surface area (Å²) < 4.78 is 4.73. The maximum absolute atomic E-state index is 10.8. The summed E-state index contributed by atoms with van der Waals surface area (Å²) in [5.41, 5.74) is 0. The largest absolute Gasteiger partial charge is 0.447 e. The normalized spacial score (nSPS) is 21.0. The van der Waals surface area contributed by atoms with E-state index in [1.54, 1.807) is 4.90 Å². The molecule has 10 heavy (non-hydrogen) atoms. The summed E-state index contributed by atoms with van der Waals surface area (Å²) in [5.74, 6) is 0. The number of amides is 1. The third kappa shape index (κ3) is 1.37. The van der Waals surface area contributed by atoms with Crippen LogP contribution in [0.1, 0.15) is 13.3 Å². The Morgan fingerprint density at radius 1 is 1.90 bits per heavy atom. The van der Waals surface area contributed by atoms with E-state index in [9.17, 15) is 4.79 Å². The van der Waals surface area contributed by atoms with E-state index in [0.717, 1.165) is 6.42 Å². The fourth-order valence-corrected chi connectivity index (χ4v) is 1.11. The maximum atomic E-state index is 10.8. The summed E-state index contributed by atoms with van der Waals surface area (Å²) >= 11 is 4.21. The van der Waals surface area contributed by atoms with Gasteiger partial charge in [-0.15, -0.1) is 0 Å². The lowest BCUT2D eigenvalue weighted by molar-refractivity contribution is 0.156. The highest BCUT2D eigenvalue weighted by Crippen LogP contribution is 2.13. The van der Waals surface area contributed by atoms with Crippen LogP contribution in [0.2, 0.25) is 0 Å². The second-order valence-corrected chi connectivity index (χ2v) is 2.79. The molecule has 1 aliphatic heterocycles. The molecule has 0 N–H and O–H groups in total. The Morgan fingerprint density at radius 2 is 2.60 bits per heavy atom. The molecule has 0 saturated carbocycles.